The maximum Gasteiger partial charge on any atom is 0.131 e. The maximum atomic E-state index is 5.78. The summed E-state index contributed by atoms with van der Waals surface area (Å²) in [5, 5.41) is 0.674. The van der Waals surface area contributed by atoms with Gasteiger partial charge >= 0.3 is 0 Å². The smallest absolute Gasteiger partial charge is 0.131 e. The van der Waals surface area contributed by atoms with Crippen LogP contribution in [0.15, 0.2) is 12.1 Å². The number of ether oxygens (including phenoxy) is 1. The molecular formula is C9H12Cl2N2O. The van der Waals surface area contributed by atoms with Crippen LogP contribution in [0.1, 0.15) is 12.5 Å². The summed E-state index contributed by atoms with van der Waals surface area (Å²) in [6.45, 7) is 2.22. The van der Waals surface area contributed by atoms with Crippen molar-refractivity contribution in [3.8, 4) is 0 Å². The van der Waals surface area contributed by atoms with E-state index in [1.54, 1.807) is 19.2 Å². The molecule has 1 rings (SSSR count). The van der Waals surface area contributed by atoms with Crippen molar-refractivity contribution in [2.75, 3.05) is 13.7 Å². The number of aromatic nitrogens is 1. The third kappa shape index (κ3) is 2.36. The highest BCUT2D eigenvalue weighted by Crippen LogP contribution is 2.27. The molecule has 0 saturated heterocycles. The van der Waals surface area contributed by atoms with E-state index in [-0.39, 0.29) is 0 Å². The van der Waals surface area contributed by atoms with E-state index in [2.05, 4.69) is 4.98 Å². The maximum absolute atomic E-state index is 5.78. The Morgan fingerprint density at radius 2 is 1.93 bits per heavy atom. The van der Waals surface area contributed by atoms with Crippen molar-refractivity contribution < 1.29 is 4.74 Å². The van der Waals surface area contributed by atoms with E-state index in [0.717, 1.165) is 5.56 Å². The van der Waals surface area contributed by atoms with Crippen LogP contribution in [0.5, 0.6) is 0 Å². The van der Waals surface area contributed by atoms with Crippen LogP contribution in [-0.2, 0) is 10.3 Å². The van der Waals surface area contributed by atoms with Gasteiger partial charge < -0.3 is 10.5 Å². The van der Waals surface area contributed by atoms with Gasteiger partial charge in [0.1, 0.15) is 15.9 Å². The second-order valence-corrected chi connectivity index (χ2v) is 3.91. The number of halogens is 2. The fourth-order valence-corrected chi connectivity index (χ4v) is 1.55. The van der Waals surface area contributed by atoms with E-state index in [4.69, 9.17) is 33.7 Å². The van der Waals surface area contributed by atoms with E-state index in [0.29, 0.717) is 16.9 Å². The molecule has 3 nitrogen and oxygen atoms in total. The summed E-state index contributed by atoms with van der Waals surface area (Å²) < 4.78 is 5.31. The van der Waals surface area contributed by atoms with Crippen LogP contribution < -0.4 is 5.73 Å². The van der Waals surface area contributed by atoms with Gasteiger partial charge in [-0.2, -0.15) is 0 Å². The quantitative estimate of drug-likeness (QED) is 0.817. The zero-order valence-electron chi connectivity index (χ0n) is 8.05. The van der Waals surface area contributed by atoms with Crippen LogP contribution in [0.4, 0.5) is 0 Å². The van der Waals surface area contributed by atoms with Gasteiger partial charge in [-0.1, -0.05) is 23.2 Å². The van der Waals surface area contributed by atoms with Gasteiger partial charge in [-0.25, -0.2) is 4.98 Å². The van der Waals surface area contributed by atoms with Crippen LogP contribution in [0.2, 0.25) is 10.3 Å². The first-order valence-electron chi connectivity index (χ1n) is 4.10. The normalized spacial score (nSPS) is 15.2. The van der Waals surface area contributed by atoms with Crippen molar-refractivity contribution in [2.24, 2.45) is 5.73 Å². The lowest BCUT2D eigenvalue weighted by Crippen LogP contribution is -2.33. The molecule has 1 unspecified atom stereocenters. The SMILES string of the molecule is COC(C)(CN)c1cc(Cl)nc(Cl)c1. The van der Waals surface area contributed by atoms with Crippen LogP contribution in [0, 0.1) is 0 Å². The number of hydrogen-bond donors (Lipinski definition) is 1. The molecule has 1 heterocycles. The molecule has 0 bridgehead atoms. The summed E-state index contributed by atoms with van der Waals surface area (Å²) in [7, 11) is 1.59. The molecule has 78 valence electrons. The van der Waals surface area contributed by atoms with Gasteiger partial charge in [0.25, 0.3) is 0 Å². The molecule has 0 fully saturated rings. The Bertz CT molecular complexity index is 306. The summed E-state index contributed by atoms with van der Waals surface area (Å²) in [4.78, 5) is 3.85. The summed E-state index contributed by atoms with van der Waals surface area (Å²) in [6, 6.07) is 3.40. The molecule has 0 aliphatic heterocycles. The van der Waals surface area contributed by atoms with Crippen LogP contribution in [-0.4, -0.2) is 18.6 Å². The van der Waals surface area contributed by atoms with Crippen LogP contribution in [0.3, 0.4) is 0 Å². The van der Waals surface area contributed by atoms with Gasteiger partial charge in [0, 0.05) is 13.7 Å². The standard InChI is InChI=1S/C9H12Cl2N2O/c1-9(5-12,14-2)6-3-7(10)13-8(11)4-6/h3-4H,5,12H2,1-2H3. The fraction of sp³-hybridized carbons (Fsp3) is 0.444. The molecule has 0 aliphatic rings. The summed E-state index contributed by atoms with van der Waals surface area (Å²) in [5.74, 6) is 0. The second-order valence-electron chi connectivity index (χ2n) is 3.14. The average Bonchev–Trinajstić information content (AvgIpc) is 2.15. The molecular weight excluding hydrogens is 223 g/mol. The second kappa shape index (κ2) is 4.45. The summed E-state index contributed by atoms with van der Waals surface area (Å²) in [5.41, 5.74) is 5.87. The predicted molar refractivity (Wildman–Crippen MR) is 57.7 cm³/mol. The Labute approximate surface area is 93.2 Å². The highest BCUT2D eigenvalue weighted by molar-refractivity contribution is 6.32. The number of rotatable bonds is 3. The Kier molecular flexibility index (Phi) is 3.72. The lowest BCUT2D eigenvalue weighted by Gasteiger charge is -2.26. The summed E-state index contributed by atoms with van der Waals surface area (Å²) in [6.07, 6.45) is 0. The molecule has 14 heavy (non-hydrogen) atoms. The minimum Gasteiger partial charge on any atom is -0.372 e. The molecule has 0 spiro atoms. The first kappa shape index (κ1) is 11.7. The van der Waals surface area contributed by atoms with Crippen molar-refractivity contribution in [3.05, 3.63) is 28.0 Å². The number of hydrogen-bond acceptors (Lipinski definition) is 3. The van der Waals surface area contributed by atoms with E-state index < -0.39 is 5.60 Å². The lowest BCUT2D eigenvalue weighted by atomic mass is 9.97. The minimum absolute atomic E-state index is 0.337. The lowest BCUT2D eigenvalue weighted by molar-refractivity contribution is 0.0100. The highest BCUT2D eigenvalue weighted by atomic mass is 35.5. The van der Waals surface area contributed by atoms with Crippen molar-refractivity contribution in [3.63, 3.8) is 0 Å². The molecule has 5 heteroatoms. The van der Waals surface area contributed by atoms with Crippen molar-refractivity contribution >= 4 is 23.2 Å². The molecule has 0 amide bonds. The number of methoxy groups -OCH3 is 1. The Morgan fingerprint density at radius 3 is 2.29 bits per heavy atom. The van der Waals surface area contributed by atoms with E-state index in [1.165, 1.54) is 0 Å². The Hall–Kier alpha value is -0.350. The molecule has 2 N–H and O–H groups in total. The molecule has 0 saturated carbocycles. The number of nitrogens with two attached hydrogens (primary N) is 1. The van der Waals surface area contributed by atoms with E-state index >= 15 is 0 Å². The third-order valence-corrected chi connectivity index (χ3v) is 2.60. The van der Waals surface area contributed by atoms with Crippen molar-refractivity contribution in [1.82, 2.24) is 4.98 Å². The van der Waals surface area contributed by atoms with E-state index in [1.807, 2.05) is 6.92 Å². The largest absolute Gasteiger partial charge is 0.372 e. The van der Waals surface area contributed by atoms with Crippen LogP contribution in [0.25, 0.3) is 0 Å². The van der Waals surface area contributed by atoms with Crippen molar-refractivity contribution in [1.29, 1.82) is 0 Å². The minimum atomic E-state index is -0.573. The molecule has 0 aliphatic carbocycles. The van der Waals surface area contributed by atoms with Gasteiger partial charge in [0.15, 0.2) is 0 Å². The number of pyridine rings is 1. The molecule has 1 atom stereocenters. The fourth-order valence-electron chi connectivity index (χ4n) is 1.09. The van der Waals surface area contributed by atoms with Gasteiger partial charge in [-0.15, -0.1) is 0 Å². The van der Waals surface area contributed by atoms with Gasteiger partial charge in [-0.3, -0.25) is 0 Å². The zero-order valence-corrected chi connectivity index (χ0v) is 9.56. The molecule has 0 aromatic carbocycles. The highest BCUT2D eigenvalue weighted by Gasteiger charge is 2.25. The van der Waals surface area contributed by atoms with Gasteiger partial charge in [0.2, 0.25) is 0 Å². The van der Waals surface area contributed by atoms with Crippen molar-refractivity contribution in [2.45, 2.75) is 12.5 Å². The van der Waals surface area contributed by atoms with Crippen LogP contribution >= 0.6 is 23.2 Å². The van der Waals surface area contributed by atoms with Gasteiger partial charge in [-0.05, 0) is 24.6 Å². The zero-order chi connectivity index (χ0) is 10.8. The first-order valence-corrected chi connectivity index (χ1v) is 4.86. The molecule has 1 aromatic heterocycles. The third-order valence-electron chi connectivity index (χ3n) is 2.21. The Balaban J connectivity index is 3.17. The summed E-state index contributed by atoms with van der Waals surface area (Å²) >= 11 is 11.6. The predicted octanol–water partition coefficient (Wildman–Crippen LogP) is 2.21. The topological polar surface area (TPSA) is 48.1 Å². The average molecular weight is 235 g/mol. The monoisotopic (exact) mass is 234 g/mol. The van der Waals surface area contributed by atoms with Gasteiger partial charge in [0.05, 0.1) is 0 Å². The first-order chi connectivity index (χ1) is 6.51. The number of nitrogens with zero attached hydrogens (tertiary/aromatic N) is 1. The van der Waals surface area contributed by atoms with E-state index in [9.17, 15) is 0 Å². The molecule has 1 aromatic rings. The Morgan fingerprint density at radius 1 is 1.43 bits per heavy atom. The molecule has 0 radical (unpaired) electrons.